The first kappa shape index (κ1) is 27.4. The van der Waals surface area contributed by atoms with E-state index in [1.54, 1.807) is 24.3 Å². The van der Waals surface area contributed by atoms with Crippen LogP contribution in [0.5, 0.6) is 0 Å². The Balaban J connectivity index is 2.59. The molecule has 4 N–H and O–H groups in total. The summed E-state index contributed by atoms with van der Waals surface area (Å²) in [5.41, 5.74) is 0.763. The fourth-order valence-corrected chi connectivity index (χ4v) is 2.88. The fourth-order valence-electron chi connectivity index (χ4n) is 2.88. The van der Waals surface area contributed by atoms with Gasteiger partial charge in [0.1, 0.15) is 12.6 Å². The summed E-state index contributed by atoms with van der Waals surface area (Å²) in [5, 5.41) is 23.9. The molecule has 0 saturated heterocycles. The van der Waals surface area contributed by atoms with E-state index in [0.717, 1.165) is 19.8 Å². The first-order chi connectivity index (χ1) is 15.6. The average molecular weight is 468 g/mol. The van der Waals surface area contributed by atoms with Crippen molar-refractivity contribution < 1.29 is 48.4 Å². The lowest BCUT2D eigenvalue weighted by molar-refractivity contribution is -0.163. The number of alkyl carbamates (subject to hydrolysis) is 1. The summed E-state index contributed by atoms with van der Waals surface area (Å²) in [5.74, 6) is -7.25. The molecule has 0 aromatic heterocycles. The number of aliphatic hydroxyl groups is 1. The van der Waals surface area contributed by atoms with Crippen molar-refractivity contribution in [2.45, 2.75) is 32.1 Å². The largest absolute Gasteiger partial charge is 0.480 e. The Kier molecular flexibility index (Phi) is 11.3. The highest BCUT2D eigenvalue weighted by atomic mass is 16.6. The number of aliphatic carboxylic acids is 1. The van der Waals surface area contributed by atoms with Crippen molar-refractivity contribution in [3.8, 4) is 0 Å². The normalized spacial score (nSPS) is 13.2. The molecule has 0 spiro atoms. The van der Waals surface area contributed by atoms with Crippen LogP contribution in [-0.4, -0.2) is 73.0 Å². The first-order valence-corrected chi connectivity index (χ1v) is 9.91. The zero-order chi connectivity index (χ0) is 25.0. The van der Waals surface area contributed by atoms with E-state index >= 15 is 0 Å². The molecule has 1 aromatic rings. The lowest BCUT2D eigenvalue weighted by Crippen LogP contribution is -2.51. The zero-order valence-corrected chi connectivity index (χ0v) is 18.5. The quantitative estimate of drug-likeness (QED) is 0.183. The maximum absolute atomic E-state index is 12.2. The summed E-state index contributed by atoms with van der Waals surface area (Å²) in [6.07, 6.45) is -2.72. The van der Waals surface area contributed by atoms with Gasteiger partial charge in [-0.15, -0.1) is 0 Å². The van der Waals surface area contributed by atoms with Gasteiger partial charge in [0.05, 0.1) is 26.7 Å². The van der Waals surface area contributed by atoms with Gasteiger partial charge in [0.2, 0.25) is 5.91 Å². The van der Waals surface area contributed by atoms with Crippen LogP contribution in [0.3, 0.4) is 0 Å². The van der Waals surface area contributed by atoms with Crippen LogP contribution in [0.1, 0.15) is 18.9 Å². The van der Waals surface area contributed by atoms with Crippen molar-refractivity contribution in [3.05, 3.63) is 35.9 Å². The van der Waals surface area contributed by atoms with Crippen LogP contribution in [0.15, 0.2) is 30.3 Å². The monoisotopic (exact) mass is 468 g/mol. The van der Waals surface area contributed by atoms with E-state index in [1.165, 1.54) is 6.92 Å². The standard InChI is InChI=1S/C21H28N2O10/c1-12(16(19(28)31-2)20(29)32-3)17(18(26)27)23-15(25)9-14(24)10-22-21(30)33-11-13-7-5-4-6-8-13/h4-8,12,14,16-17,24H,9-11H2,1-3H3,(H,22,30)(H,23,25)(H,26,27)/t12-,14+,17-/m1/s1. The topological polar surface area (TPSA) is 178 Å². The third-order valence-electron chi connectivity index (χ3n) is 4.66. The Bertz CT molecular complexity index is 814. The number of amides is 2. The molecule has 12 nitrogen and oxygen atoms in total. The van der Waals surface area contributed by atoms with Crippen molar-refractivity contribution in [2.24, 2.45) is 11.8 Å². The predicted octanol–water partition coefficient (Wildman–Crippen LogP) is -0.168. The van der Waals surface area contributed by atoms with Crippen LogP contribution in [0.25, 0.3) is 0 Å². The van der Waals surface area contributed by atoms with E-state index in [4.69, 9.17) is 4.74 Å². The number of methoxy groups -OCH3 is 2. The highest BCUT2D eigenvalue weighted by Gasteiger charge is 2.42. The van der Waals surface area contributed by atoms with Crippen LogP contribution >= 0.6 is 0 Å². The maximum Gasteiger partial charge on any atom is 0.407 e. The lowest BCUT2D eigenvalue weighted by Gasteiger charge is -2.26. The van der Waals surface area contributed by atoms with Gasteiger partial charge in [0, 0.05) is 12.5 Å². The Labute approximate surface area is 190 Å². The SMILES string of the molecule is COC(=O)C(C(=O)OC)[C@@H](C)[C@@H](NC(=O)C[C@H](O)CNC(=O)OCc1ccccc1)C(=O)O. The number of hydrogen-bond acceptors (Lipinski definition) is 9. The van der Waals surface area contributed by atoms with Crippen LogP contribution in [0.2, 0.25) is 0 Å². The summed E-state index contributed by atoms with van der Waals surface area (Å²) in [7, 11) is 2.04. The number of carboxylic acid groups (broad SMARTS) is 1. The Hall–Kier alpha value is -3.67. The van der Waals surface area contributed by atoms with Crippen LogP contribution in [0.4, 0.5) is 4.79 Å². The van der Waals surface area contributed by atoms with Gasteiger partial charge >= 0.3 is 24.0 Å². The molecule has 1 rings (SSSR count). The van der Waals surface area contributed by atoms with Crippen LogP contribution < -0.4 is 10.6 Å². The second kappa shape index (κ2) is 13.7. The summed E-state index contributed by atoms with van der Waals surface area (Å²) in [6, 6.07) is 7.24. The molecule has 1 aromatic carbocycles. The summed E-state index contributed by atoms with van der Waals surface area (Å²) < 4.78 is 14.0. The molecule has 0 unspecified atom stereocenters. The molecule has 0 fully saturated rings. The summed E-state index contributed by atoms with van der Waals surface area (Å²) >= 11 is 0. The van der Waals surface area contributed by atoms with E-state index in [1.807, 2.05) is 6.07 Å². The third kappa shape index (κ3) is 9.15. The Morgan fingerprint density at radius 3 is 2.09 bits per heavy atom. The lowest BCUT2D eigenvalue weighted by atomic mass is 9.87. The van der Waals surface area contributed by atoms with Gasteiger partial charge in [-0.3, -0.25) is 14.4 Å². The van der Waals surface area contributed by atoms with Crippen molar-refractivity contribution in [1.29, 1.82) is 0 Å². The fraction of sp³-hybridized carbons (Fsp3) is 0.476. The molecular weight excluding hydrogens is 440 g/mol. The van der Waals surface area contributed by atoms with Crippen molar-refractivity contribution >= 4 is 29.9 Å². The molecule has 0 heterocycles. The minimum atomic E-state index is -1.66. The number of esters is 2. The Morgan fingerprint density at radius 2 is 1.58 bits per heavy atom. The molecule has 12 heteroatoms. The molecule has 0 aliphatic heterocycles. The number of benzene rings is 1. The number of hydrogen-bond donors (Lipinski definition) is 4. The van der Waals surface area contributed by atoms with E-state index in [9.17, 15) is 34.2 Å². The van der Waals surface area contributed by atoms with Gasteiger partial charge < -0.3 is 35.1 Å². The second-order valence-corrected chi connectivity index (χ2v) is 7.07. The molecule has 3 atom stereocenters. The van der Waals surface area contributed by atoms with Gasteiger partial charge in [-0.2, -0.15) is 0 Å². The molecule has 0 saturated carbocycles. The molecular formula is C21H28N2O10. The highest BCUT2D eigenvalue weighted by molar-refractivity contribution is 5.96. The second-order valence-electron chi connectivity index (χ2n) is 7.07. The average Bonchev–Trinajstić information content (AvgIpc) is 2.79. The predicted molar refractivity (Wildman–Crippen MR) is 112 cm³/mol. The van der Waals surface area contributed by atoms with Gasteiger partial charge in [-0.05, 0) is 5.56 Å². The van der Waals surface area contributed by atoms with Gasteiger partial charge in [-0.25, -0.2) is 9.59 Å². The third-order valence-corrected chi connectivity index (χ3v) is 4.66. The van der Waals surface area contributed by atoms with Gasteiger partial charge in [0.15, 0.2) is 5.92 Å². The van der Waals surface area contributed by atoms with Gasteiger partial charge in [0.25, 0.3) is 0 Å². The number of carbonyl (C=O) groups is 5. The maximum atomic E-state index is 12.2. The zero-order valence-electron chi connectivity index (χ0n) is 18.5. The van der Waals surface area contributed by atoms with Crippen molar-refractivity contribution in [2.75, 3.05) is 20.8 Å². The van der Waals surface area contributed by atoms with E-state index in [0.29, 0.717) is 0 Å². The van der Waals surface area contributed by atoms with Crippen molar-refractivity contribution in [3.63, 3.8) is 0 Å². The molecule has 0 bridgehead atoms. The van der Waals surface area contributed by atoms with Crippen LogP contribution in [0, 0.1) is 11.8 Å². The van der Waals surface area contributed by atoms with E-state index in [-0.39, 0.29) is 13.2 Å². The van der Waals surface area contributed by atoms with E-state index in [2.05, 4.69) is 20.1 Å². The highest BCUT2D eigenvalue weighted by Crippen LogP contribution is 2.20. The molecule has 0 radical (unpaired) electrons. The van der Waals surface area contributed by atoms with Crippen molar-refractivity contribution in [1.82, 2.24) is 10.6 Å². The Morgan fingerprint density at radius 1 is 1.00 bits per heavy atom. The number of ether oxygens (including phenoxy) is 3. The van der Waals surface area contributed by atoms with E-state index < -0.39 is 60.3 Å². The van der Waals surface area contributed by atoms with Gasteiger partial charge in [-0.1, -0.05) is 37.3 Å². The van der Waals surface area contributed by atoms with Crippen LogP contribution in [-0.2, 0) is 40.0 Å². The molecule has 0 aliphatic rings. The molecule has 2 amide bonds. The number of carbonyl (C=O) groups excluding carboxylic acids is 4. The summed E-state index contributed by atoms with van der Waals surface area (Å²) in [4.78, 5) is 59.4. The number of rotatable bonds is 12. The smallest absolute Gasteiger partial charge is 0.407 e. The number of nitrogens with one attached hydrogen (secondary N) is 2. The minimum Gasteiger partial charge on any atom is -0.480 e. The molecule has 33 heavy (non-hydrogen) atoms. The number of aliphatic hydroxyl groups excluding tert-OH is 1. The number of carboxylic acids is 1. The first-order valence-electron chi connectivity index (χ1n) is 9.91. The molecule has 182 valence electrons. The minimum absolute atomic E-state index is 0.0169. The molecule has 0 aliphatic carbocycles. The summed E-state index contributed by atoms with van der Waals surface area (Å²) in [6.45, 7) is 0.947.